The topological polar surface area (TPSA) is 0 Å². The minimum Gasteiger partial charge on any atom is -1.00 e. The Balaban J connectivity index is 0. The molecule has 0 N–H and O–H groups in total. The molecule has 0 rings (SSSR count). The zero-order valence-electron chi connectivity index (χ0n) is 3.01. The summed E-state index contributed by atoms with van der Waals surface area (Å²) in [5, 5.41) is 0. The molecule has 0 aromatic carbocycles. The van der Waals surface area contributed by atoms with E-state index in [1.54, 1.807) is 0 Å². The van der Waals surface area contributed by atoms with Crippen molar-refractivity contribution < 1.29 is 56.8 Å². The molecular formula is H4AlCuLiZn. The maximum atomic E-state index is 0. The van der Waals surface area contributed by atoms with Crippen LogP contribution in [0.3, 0.4) is 0 Å². The van der Waals surface area contributed by atoms with Crippen molar-refractivity contribution in [3.8, 4) is 0 Å². The second kappa shape index (κ2) is 18.6. The van der Waals surface area contributed by atoms with Crippen LogP contribution in [0.4, 0.5) is 0 Å². The third kappa shape index (κ3) is 8.86. The standard InChI is InChI=1S/Al.Cu.Li.Zn.4H/q;;+1;;;;;-1. The van der Waals surface area contributed by atoms with Crippen LogP contribution in [0, 0.1) is 0 Å². The van der Waals surface area contributed by atoms with Gasteiger partial charge < -0.3 is 1.43 Å². The zero-order chi connectivity index (χ0) is 0. The Hall–Kier alpha value is 2.27. The summed E-state index contributed by atoms with van der Waals surface area (Å²) >= 11 is 0. The molecule has 0 heterocycles. The minimum absolute atomic E-state index is 0. The third-order valence-corrected chi connectivity index (χ3v) is 0. The number of rotatable bonds is 0. The molecule has 0 aromatic rings. The fourth-order valence-corrected chi connectivity index (χ4v) is 0. The van der Waals surface area contributed by atoms with E-state index in [4.69, 9.17) is 0 Å². The van der Waals surface area contributed by atoms with Crippen LogP contribution in [0.15, 0.2) is 0 Å². The Labute approximate surface area is 73.5 Å². The molecule has 0 aliphatic rings. The van der Waals surface area contributed by atoms with Gasteiger partial charge in [0, 0.05) is 36.5 Å². The predicted octanol–water partition coefficient (Wildman–Crippen LogP) is -4.07. The SMILES string of the molecule is [AlH3].[Cu].[H-].[Li+].[Zn]. The second-order valence-corrected chi connectivity index (χ2v) is 0. The summed E-state index contributed by atoms with van der Waals surface area (Å²) in [4.78, 5) is 0. The van der Waals surface area contributed by atoms with Crippen molar-refractivity contribution in [2.45, 2.75) is 0 Å². The average molecular weight is 167 g/mol. The van der Waals surface area contributed by atoms with Gasteiger partial charge in [-0.25, -0.2) is 0 Å². The van der Waals surface area contributed by atoms with Gasteiger partial charge in [0.15, 0.2) is 17.4 Å². The van der Waals surface area contributed by atoms with Gasteiger partial charge in [-0.1, -0.05) is 0 Å². The molecule has 0 spiro atoms. The molecule has 0 nitrogen and oxygen atoms in total. The molecular weight excluding hydrogens is 163 g/mol. The van der Waals surface area contributed by atoms with Gasteiger partial charge in [0.2, 0.25) is 0 Å². The molecule has 0 unspecified atom stereocenters. The molecule has 0 atom stereocenters. The van der Waals surface area contributed by atoms with E-state index in [-0.39, 0.29) is 74.2 Å². The molecule has 21 valence electrons. The summed E-state index contributed by atoms with van der Waals surface area (Å²) < 4.78 is 0. The third-order valence-electron chi connectivity index (χ3n) is 0. The smallest absolute Gasteiger partial charge is 1.00 e. The maximum absolute atomic E-state index is 0. The van der Waals surface area contributed by atoms with E-state index in [1.165, 1.54) is 0 Å². The van der Waals surface area contributed by atoms with Crippen LogP contribution in [0.25, 0.3) is 0 Å². The van der Waals surface area contributed by atoms with Crippen LogP contribution >= 0.6 is 0 Å². The monoisotopic (exact) mass is 165 g/mol. The van der Waals surface area contributed by atoms with Crippen LogP contribution in [-0.4, -0.2) is 17.4 Å². The van der Waals surface area contributed by atoms with Crippen LogP contribution in [0.5, 0.6) is 0 Å². The first-order chi connectivity index (χ1) is 0. The first kappa shape index (κ1) is 33.8. The van der Waals surface area contributed by atoms with Crippen molar-refractivity contribution in [3.05, 3.63) is 0 Å². The van der Waals surface area contributed by atoms with Crippen LogP contribution in [0.2, 0.25) is 0 Å². The molecule has 0 aliphatic heterocycles. The molecule has 0 bridgehead atoms. The van der Waals surface area contributed by atoms with Gasteiger partial charge in [-0.05, 0) is 0 Å². The van der Waals surface area contributed by atoms with E-state index in [9.17, 15) is 0 Å². The molecule has 0 saturated carbocycles. The predicted molar refractivity (Wildman–Crippen MR) is 11.1 cm³/mol. The van der Waals surface area contributed by atoms with Gasteiger partial charge in [0.05, 0.1) is 0 Å². The summed E-state index contributed by atoms with van der Waals surface area (Å²) in [6.45, 7) is 0. The Morgan fingerprint density at radius 2 is 1.25 bits per heavy atom. The average Bonchev–Trinajstić information content (AvgIpc) is 0. The van der Waals surface area contributed by atoms with Gasteiger partial charge in [-0.3, -0.25) is 0 Å². The van der Waals surface area contributed by atoms with Crippen molar-refractivity contribution >= 4 is 17.4 Å². The van der Waals surface area contributed by atoms with Gasteiger partial charge in [0.25, 0.3) is 0 Å². The second-order valence-electron chi connectivity index (χ2n) is 0. The normalized spacial score (nSPS) is 0. The van der Waals surface area contributed by atoms with Gasteiger partial charge >= 0.3 is 18.9 Å². The van der Waals surface area contributed by atoms with E-state index in [0.717, 1.165) is 0 Å². The van der Waals surface area contributed by atoms with E-state index in [1.807, 2.05) is 0 Å². The quantitative estimate of drug-likeness (QED) is 0.322. The fourth-order valence-electron chi connectivity index (χ4n) is 0. The molecule has 1 radical (unpaired) electrons. The van der Waals surface area contributed by atoms with Crippen LogP contribution in [0.1, 0.15) is 1.43 Å². The first-order valence-electron chi connectivity index (χ1n) is 0. The summed E-state index contributed by atoms with van der Waals surface area (Å²) in [6, 6.07) is 0. The molecule has 4 heavy (non-hydrogen) atoms. The van der Waals surface area contributed by atoms with Gasteiger partial charge in [0.1, 0.15) is 0 Å². The van der Waals surface area contributed by atoms with Crippen molar-refractivity contribution in [1.29, 1.82) is 0 Å². The van der Waals surface area contributed by atoms with Crippen LogP contribution < -0.4 is 18.9 Å². The Morgan fingerprint density at radius 1 is 1.25 bits per heavy atom. The Morgan fingerprint density at radius 3 is 1.25 bits per heavy atom. The first-order valence-corrected chi connectivity index (χ1v) is 0. The number of hydrogen-bond donors (Lipinski definition) is 0. The number of hydrogen-bond acceptors (Lipinski definition) is 0. The molecule has 0 aromatic heterocycles. The van der Waals surface area contributed by atoms with E-state index in [2.05, 4.69) is 0 Å². The zero-order valence-corrected chi connectivity index (χ0v) is 5.92. The molecule has 0 fully saturated rings. The Bertz CT molecular complexity index is 11.6. The van der Waals surface area contributed by atoms with Gasteiger partial charge in [-0.2, -0.15) is 0 Å². The van der Waals surface area contributed by atoms with E-state index < -0.39 is 0 Å². The summed E-state index contributed by atoms with van der Waals surface area (Å²) in [6.07, 6.45) is 0. The maximum Gasteiger partial charge on any atom is 1.00 e. The van der Waals surface area contributed by atoms with Gasteiger partial charge in [-0.15, -0.1) is 0 Å². The summed E-state index contributed by atoms with van der Waals surface area (Å²) in [7, 11) is 0. The van der Waals surface area contributed by atoms with E-state index >= 15 is 0 Å². The Kier molecular flexibility index (Phi) is 157. The van der Waals surface area contributed by atoms with Crippen molar-refractivity contribution in [1.82, 2.24) is 0 Å². The molecule has 0 amide bonds. The molecule has 4 heteroatoms. The van der Waals surface area contributed by atoms with Crippen molar-refractivity contribution in [2.75, 3.05) is 0 Å². The largest absolute Gasteiger partial charge is 1.00 e. The van der Waals surface area contributed by atoms with Crippen molar-refractivity contribution in [3.63, 3.8) is 0 Å². The van der Waals surface area contributed by atoms with Crippen LogP contribution in [-0.2, 0) is 36.5 Å². The summed E-state index contributed by atoms with van der Waals surface area (Å²) in [5.41, 5.74) is 0. The van der Waals surface area contributed by atoms with Crippen molar-refractivity contribution in [2.24, 2.45) is 0 Å². The summed E-state index contributed by atoms with van der Waals surface area (Å²) in [5.74, 6) is 0. The van der Waals surface area contributed by atoms with E-state index in [0.29, 0.717) is 0 Å². The molecule has 0 saturated heterocycles. The minimum atomic E-state index is 0. The molecule has 0 aliphatic carbocycles. The fraction of sp³-hybridized carbons (Fsp3) is 0.